The van der Waals surface area contributed by atoms with Crippen molar-refractivity contribution >= 4 is 34.3 Å². The van der Waals surface area contributed by atoms with Gasteiger partial charge in [0.05, 0.1) is 16.8 Å². The molecule has 5 N–H and O–H groups in total. The number of hydrogen-bond donors (Lipinski definition) is 4. The first-order valence-electron chi connectivity index (χ1n) is 10.3. The lowest BCUT2D eigenvalue weighted by Gasteiger charge is -2.19. The highest BCUT2D eigenvalue weighted by atomic mass is 16.1. The van der Waals surface area contributed by atoms with Gasteiger partial charge in [-0.05, 0) is 55.5 Å². The number of nitrogens with two attached hydrogens (primary N) is 1. The number of nitrogens with one attached hydrogen (secondary N) is 3. The number of fused-ring (bicyclic) bond motifs is 1. The van der Waals surface area contributed by atoms with Gasteiger partial charge in [0.2, 0.25) is 0 Å². The highest BCUT2D eigenvalue weighted by Gasteiger charge is 2.38. The Hall–Kier alpha value is -3.74. The lowest BCUT2D eigenvalue weighted by molar-refractivity contribution is 0.0954. The van der Waals surface area contributed by atoms with E-state index in [9.17, 15) is 4.79 Å². The van der Waals surface area contributed by atoms with E-state index in [-0.39, 0.29) is 11.4 Å². The van der Waals surface area contributed by atoms with Crippen LogP contribution in [0, 0.1) is 5.41 Å². The van der Waals surface area contributed by atoms with Gasteiger partial charge in [0.25, 0.3) is 5.91 Å². The summed E-state index contributed by atoms with van der Waals surface area (Å²) in [4.78, 5) is 21.7. The van der Waals surface area contributed by atoms with Crippen LogP contribution in [0.3, 0.4) is 0 Å². The molecule has 2 heterocycles. The van der Waals surface area contributed by atoms with Crippen LogP contribution in [-0.4, -0.2) is 34.2 Å². The molecular formula is C24H26N6O. The molecule has 0 spiro atoms. The quantitative estimate of drug-likeness (QED) is 0.421. The van der Waals surface area contributed by atoms with Crippen molar-refractivity contribution in [2.75, 3.05) is 11.9 Å². The zero-order valence-corrected chi connectivity index (χ0v) is 17.5. The van der Waals surface area contributed by atoms with E-state index in [4.69, 9.17) is 11.1 Å². The van der Waals surface area contributed by atoms with E-state index in [1.165, 1.54) is 12.4 Å². The van der Waals surface area contributed by atoms with Gasteiger partial charge >= 0.3 is 0 Å². The molecular weight excluding hydrogens is 388 g/mol. The zero-order chi connectivity index (χ0) is 21.8. The molecule has 0 atom stereocenters. The second kappa shape index (κ2) is 8.55. The van der Waals surface area contributed by atoms with E-state index in [1.54, 1.807) is 18.6 Å². The SMILES string of the molecule is CC1(Nc2c(C(=O)NCCc3cccnc3)cnc3ccc(/C(C=N)=C/N)cc23)CC1. The van der Waals surface area contributed by atoms with Gasteiger partial charge < -0.3 is 21.8 Å². The van der Waals surface area contributed by atoms with Gasteiger partial charge in [-0.2, -0.15) is 0 Å². The highest BCUT2D eigenvalue weighted by molar-refractivity contribution is 6.11. The van der Waals surface area contributed by atoms with Crippen molar-refractivity contribution in [1.82, 2.24) is 15.3 Å². The minimum Gasteiger partial charge on any atom is -0.404 e. The minimum absolute atomic E-state index is 0.0247. The maximum Gasteiger partial charge on any atom is 0.254 e. The fourth-order valence-corrected chi connectivity index (χ4v) is 3.48. The van der Waals surface area contributed by atoms with Crippen LogP contribution in [0.25, 0.3) is 16.5 Å². The smallest absolute Gasteiger partial charge is 0.254 e. The molecule has 0 saturated heterocycles. The van der Waals surface area contributed by atoms with Crippen LogP contribution in [-0.2, 0) is 6.42 Å². The van der Waals surface area contributed by atoms with E-state index in [2.05, 4.69) is 27.5 Å². The van der Waals surface area contributed by atoms with E-state index in [0.717, 1.165) is 40.6 Å². The van der Waals surface area contributed by atoms with E-state index < -0.39 is 0 Å². The molecule has 1 aromatic carbocycles. The number of hydrogen-bond acceptors (Lipinski definition) is 6. The summed E-state index contributed by atoms with van der Waals surface area (Å²) in [7, 11) is 0. The van der Waals surface area contributed by atoms with Gasteiger partial charge in [0.15, 0.2) is 0 Å². The van der Waals surface area contributed by atoms with Gasteiger partial charge in [0, 0.05) is 54.0 Å². The van der Waals surface area contributed by atoms with Crippen LogP contribution in [0.1, 0.15) is 41.3 Å². The molecule has 4 rings (SSSR count). The number of carbonyl (C=O) groups is 1. The molecule has 0 bridgehead atoms. The average molecular weight is 415 g/mol. The third-order valence-corrected chi connectivity index (χ3v) is 5.63. The van der Waals surface area contributed by atoms with Crippen LogP contribution in [0.2, 0.25) is 0 Å². The topological polar surface area (TPSA) is 117 Å². The molecule has 0 unspecified atom stereocenters. The maximum absolute atomic E-state index is 13.1. The normalized spacial score (nSPS) is 14.8. The van der Waals surface area contributed by atoms with E-state index in [1.807, 2.05) is 30.3 Å². The number of aromatic nitrogens is 2. The Morgan fingerprint density at radius 2 is 2.13 bits per heavy atom. The first kappa shape index (κ1) is 20.5. The molecule has 3 aromatic rings. The second-order valence-electron chi connectivity index (χ2n) is 8.10. The third-order valence-electron chi connectivity index (χ3n) is 5.63. The van der Waals surface area contributed by atoms with E-state index in [0.29, 0.717) is 24.1 Å². The Morgan fingerprint density at radius 1 is 1.29 bits per heavy atom. The molecule has 1 saturated carbocycles. The summed E-state index contributed by atoms with van der Waals surface area (Å²) in [6.45, 7) is 2.66. The van der Waals surface area contributed by atoms with Crippen molar-refractivity contribution < 1.29 is 4.79 Å². The standard InChI is InChI=1S/C24H26N6O/c1-24(7-8-24)30-22-19-11-17(18(12-25)13-26)4-5-21(19)29-15-20(22)23(31)28-10-6-16-3-2-9-27-14-16/h2-5,9,11-15,25H,6-8,10,26H2,1H3,(H,28,31)(H,29,30)/b18-13+,25-12?. The molecule has 0 radical (unpaired) electrons. The summed E-state index contributed by atoms with van der Waals surface area (Å²) < 4.78 is 0. The predicted octanol–water partition coefficient (Wildman–Crippen LogP) is 3.52. The maximum atomic E-state index is 13.1. The second-order valence-corrected chi connectivity index (χ2v) is 8.10. The van der Waals surface area contributed by atoms with Crippen LogP contribution in [0.15, 0.2) is 55.1 Å². The summed E-state index contributed by atoms with van der Waals surface area (Å²) in [5.41, 5.74) is 10.2. The lowest BCUT2D eigenvalue weighted by Crippen LogP contribution is -2.28. The Bertz CT molecular complexity index is 1150. The first-order valence-corrected chi connectivity index (χ1v) is 10.3. The summed E-state index contributed by atoms with van der Waals surface area (Å²) in [6, 6.07) is 9.59. The molecule has 158 valence electrons. The number of pyridine rings is 2. The monoisotopic (exact) mass is 414 g/mol. The van der Waals surface area contributed by atoms with Gasteiger partial charge in [-0.15, -0.1) is 0 Å². The van der Waals surface area contributed by atoms with Crippen molar-refractivity contribution in [3.8, 4) is 0 Å². The van der Waals surface area contributed by atoms with Crippen LogP contribution in [0.5, 0.6) is 0 Å². The Kier molecular flexibility index (Phi) is 5.66. The predicted molar refractivity (Wildman–Crippen MR) is 124 cm³/mol. The molecule has 7 nitrogen and oxygen atoms in total. The van der Waals surface area contributed by atoms with Crippen molar-refractivity contribution in [3.05, 3.63) is 71.8 Å². The van der Waals surface area contributed by atoms with Gasteiger partial charge in [-0.25, -0.2) is 0 Å². The summed E-state index contributed by atoms with van der Waals surface area (Å²) in [6.07, 6.45) is 10.6. The number of anilines is 1. The highest BCUT2D eigenvalue weighted by Crippen LogP contribution is 2.41. The minimum atomic E-state index is -0.169. The van der Waals surface area contributed by atoms with E-state index >= 15 is 0 Å². The fraction of sp³-hybridized carbons (Fsp3) is 0.250. The van der Waals surface area contributed by atoms with Crippen LogP contribution >= 0.6 is 0 Å². The van der Waals surface area contributed by atoms with Crippen molar-refractivity contribution in [3.63, 3.8) is 0 Å². The van der Waals surface area contributed by atoms with Crippen LogP contribution < -0.4 is 16.4 Å². The summed E-state index contributed by atoms with van der Waals surface area (Å²) in [5, 5.41) is 15.0. The number of allylic oxidation sites excluding steroid dienone is 1. The third kappa shape index (κ3) is 4.55. The van der Waals surface area contributed by atoms with Crippen molar-refractivity contribution in [2.45, 2.75) is 31.7 Å². The molecule has 1 aliphatic carbocycles. The van der Waals surface area contributed by atoms with Crippen LogP contribution in [0.4, 0.5) is 5.69 Å². The molecule has 0 aliphatic heterocycles. The number of nitrogens with zero attached hydrogens (tertiary/aromatic N) is 2. The molecule has 7 heteroatoms. The molecule has 2 aromatic heterocycles. The Labute approximate surface area is 181 Å². The van der Waals surface area contributed by atoms with Crippen molar-refractivity contribution in [1.29, 1.82) is 5.41 Å². The molecule has 1 fully saturated rings. The summed E-state index contributed by atoms with van der Waals surface area (Å²) >= 11 is 0. The van der Waals surface area contributed by atoms with Gasteiger partial charge in [-0.3, -0.25) is 14.8 Å². The van der Waals surface area contributed by atoms with Gasteiger partial charge in [0.1, 0.15) is 0 Å². The fourth-order valence-electron chi connectivity index (χ4n) is 3.48. The van der Waals surface area contributed by atoms with Gasteiger partial charge in [-0.1, -0.05) is 12.1 Å². The number of carbonyl (C=O) groups excluding carboxylic acids is 1. The average Bonchev–Trinajstić information content (AvgIpc) is 3.52. The zero-order valence-electron chi connectivity index (χ0n) is 17.5. The number of rotatable bonds is 8. The van der Waals surface area contributed by atoms with Crippen molar-refractivity contribution in [2.24, 2.45) is 5.73 Å². The number of benzene rings is 1. The first-order chi connectivity index (χ1) is 15.0. The lowest BCUT2D eigenvalue weighted by atomic mass is 10.0. The summed E-state index contributed by atoms with van der Waals surface area (Å²) in [5.74, 6) is -0.169. The Balaban J connectivity index is 1.67. The largest absolute Gasteiger partial charge is 0.404 e. The molecule has 31 heavy (non-hydrogen) atoms. The Morgan fingerprint density at radius 3 is 2.81 bits per heavy atom. The molecule has 1 amide bonds. The molecule has 1 aliphatic rings. The number of amides is 1.